The second-order valence-corrected chi connectivity index (χ2v) is 12.7. The van der Waals surface area contributed by atoms with Gasteiger partial charge in [-0.3, -0.25) is 4.79 Å². The molecule has 0 bridgehead atoms. The lowest BCUT2D eigenvalue weighted by atomic mass is 10.00. The number of nitrogens with zero attached hydrogens (tertiary/aromatic N) is 3. The first-order valence-corrected chi connectivity index (χ1v) is 14.5. The number of carbonyl (C=O) groups is 1. The average molecular weight is 550 g/mol. The zero-order valence-corrected chi connectivity index (χ0v) is 24.7. The summed E-state index contributed by atoms with van der Waals surface area (Å²) in [7, 11) is 3.57. The molecule has 0 amide bonds. The maximum absolute atomic E-state index is 13.2. The topological polar surface area (TPSA) is 70.2 Å². The van der Waals surface area contributed by atoms with Gasteiger partial charge in [0.1, 0.15) is 11.5 Å². The van der Waals surface area contributed by atoms with E-state index in [4.69, 9.17) is 16.3 Å². The molecule has 2 aromatic rings. The number of halogens is 1. The number of rotatable bonds is 10. The molecule has 0 N–H and O–H groups in total. The van der Waals surface area contributed by atoms with Gasteiger partial charge in [0, 0.05) is 56.3 Å². The summed E-state index contributed by atoms with van der Waals surface area (Å²) in [6.07, 6.45) is 2.50. The molecule has 37 heavy (non-hydrogen) atoms. The molecule has 1 aliphatic heterocycles. The highest BCUT2D eigenvalue weighted by Gasteiger charge is 2.26. The molecular weight excluding hydrogens is 510 g/mol. The Balaban J connectivity index is 1.64. The average Bonchev–Trinajstić information content (AvgIpc) is 2.83. The van der Waals surface area contributed by atoms with Crippen molar-refractivity contribution in [3.8, 4) is 5.75 Å². The molecule has 0 atom stereocenters. The van der Waals surface area contributed by atoms with E-state index < -0.39 is 10.0 Å². The highest BCUT2D eigenvalue weighted by Crippen LogP contribution is 2.31. The molecule has 204 valence electrons. The van der Waals surface area contributed by atoms with Crippen LogP contribution in [0.25, 0.3) is 0 Å². The molecule has 3 rings (SSSR count). The van der Waals surface area contributed by atoms with E-state index in [2.05, 4.69) is 30.8 Å². The van der Waals surface area contributed by atoms with Crippen LogP contribution in [0.1, 0.15) is 41.5 Å². The van der Waals surface area contributed by atoms with Gasteiger partial charge in [-0.1, -0.05) is 17.7 Å². The van der Waals surface area contributed by atoms with E-state index in [9.17, 15) is 13.2 Å². The highest BCUT2D eigenvalue weighted by molar-refractivity contribution is 7.89. The number of carbonyl (C=O) groups excluding carboxylic acids is 1. The van der Waals surface area contributed by atoms with Crippen LogP contribution in [0.15, 0.2) is 29.2 Å². The Kier molecular flexibility index (Phi) is 9.67. The maximum atomic E-state index is 13.2. The Bertz CT molecular complexity index is 1220. The molecule has 1 fully saturated rings. The monoisotopic (exact) mass is 549 g/mol. The molecule has 0 saturated carbocycles. The van der Waals surface area contributed by atoms with Crippen molar-refractivity contribution in [3.05, 3.63) is 51.5 Å². The summed E-state index contributed by atoms with van der Waals surface area (Å²) >= 11 is 6.62. The number of piperidine rings is 1. The Morgan fingerprint density at radius 3 is 2.16 bits per heavy atom. The Labute approximate surface area is 227 Å². The van der Waals surface area contributed by atoms with Crippen LogP contribution in [-0.2, 0) is 21.2 Å². The molecule has 0 spiro atoms. The van der Waals surface area contributed by atoms with Crippen molar-refractivity contribution in [1.29, 1.82) is 0 Å². The zero-order valence-electron chi connectivity index (χ0n) is 23.1. The second kappa shape index (κ2) is 12.2. The SMILES string of the molecule is COc1cc(C)c(S(=O)(=O)N(C)CCC(=O)Cc2cc(C)c(N3CCC(N(C)C)CC3)cc2Cl)c(C)c1. The van der Waals surface area contributed by atoms with Crippen molar-refractivity contribution in [2.45, 2.75) is 57.4 Å². The Morgan fingerprint density at radius 2 is 1.62 bits per heavy atom. The minimum atomic E-state index is -3.75. The van der Waals surface area contributed by atoms with E-state index in [1.807, 2.05) is 12.1 Å². The number of anilines is 1. The zero-order chi connectivity index (χ0) is 27.5. The Hall–Kier alpha value is -2.13. The van der Waals surface area contributed by atoms with E-state index in [-0.39, 0.29) is 30.1 Å². The van der Waals surface area contributed by atoms with Gasteiger partial charge in [-0.2, -0.15) is 0 Å². The third-order valence-corrected chi connectivity index (χ3v) is 9.85. The first-order chi connectivity index (χ1) is 17.3. The summed E-state index contributed by atoms with van der Waals surface area (Å²) in [4.78, 5) is 17.7. The summed E-state index contributed by atoms with van der Waals surface area (Å²) in [5.41, 5.74) is 4.23. The number of benzene rings is 2. The van der Waals surface area contributed by atoms with Crippen molar-refractivity contribution in [3.63, 3.8) is 0 Å². The summed E-state index contributed by atoms with van der Waals surface area (Å²) in [6.45, 7) is 7.61. The van der Waals surface area contributed by atoms with Crippen molar-refractivity contribution < 1.29 is 17.9 Å². The highest BCUT2D eigenvalue weighted by atomic mass is 35.5. The summed E-state index contributed by atoms with van der Waals surface area (Å²) < 4.78 is 33.0. The number of Topliss-reactive ketones (excluding diaryl/α,β-unsaturated/α-hetero) is 1. The smallest absolute Gasteiger partial charge is 0.243 e. The first-order valence-electron chi connectivity index (χ1n) is 12.7. The van der Waals surface area contributed by atoms with Crippen LogP contribution in [0.2, 0.25) is 5.02 Å². The predicted octanol–water partition coefficient (Wildman–Crippen LogP) is 4.63. The van der Waals surface area contributed by atoms with Crippen LogP contribution in [0.3, 0.4) is 0 Å². The van der Waals surface area contributed by atoms with Gasteiger partial charge in [0.25, 0.3) is 0 Å². The minimum Gasteiger partial charge on any atom is -0.497 e. The van der Waals surface area contributed by atoms with E-state index in [1.165, 1.54) is 11.4 Å². The molecule has 0 radical (unpaired) electrons. The van der Waals surface area contributed by atoms with Crippen molar-refractivity contribution >= 4 is 33.1 Å². The number of ether oxygens (including phenoxy) is 1. The second-order valence-electron chi connectivity index (χ2n) is 10.3. The summed E-state index contributed by atoms with van der Waals surface area (Å²) in [5, 5.41) is 0.578. The fourth-order valence-electron chi connectivity index (χ4n) is 5.12. The molecular formula is C28H40ClN3O4S. The quantitative estimate of drug-likeness (QED) is 0.430. The van der Waals surface area contributed by atoms with Crippen molar-refractivity contribution in [1.82, 2.24) is 9.21 Å². The maximum Gasteiger partial charge on any atom is 0.243 e. The van der Waals surface area contributed by atoms with Crippen LogP contribution in [0.4, 0.5) is 5.69 Å². The molecule has 7 nitrogen and oxygen atoms in total. The number of methoxy groups -OCH3 is 1. The van der Waals surface area contributed by atoms with E-state index in [1.54, 1.807) is 33.1 Å². The number of sulfonamides is 1. The van der Waals surface area contributed by atoms with Gasteiger partial charge in [-0.25, -0.2) is 12.7 Å². The number of hydrogen-bond donors (Lipinski definition) is 0. The third kappa shape index (κ3) is 6.85. The Morgan fingerprint density at radius 1 is 1.03 bits per heavy atom. The number of ketones is 1. The minimum absolute atomic E-state index is 0.0499. The van der Waals surface area contributed by atoms with Gasteiger partial charge in [0.05, 0.1) is 12.0 Å². The lowest BCUT2D eigenvalue weighted by Crippen LogP contribution is -2.42. The number of hydrogen-bond acceptors (Lipinski definition) is 6. The van der Waals surface area contributed by atoms with Gasteiger partial charge < -0.3 is 14.5 Å². The number of aryl methyl sites for hydroxylation is 3. The first kappa shape index (κ1) is 29.4. The van der Waals surface area contributed by atoms with E-state index >= 15 is 0 Å². The lowest BCUT2D eigenvalue weighted by molar-refractivity contribution is -0.118. The van der Waals surface area contributed by atoms with Gasteiger partial charge in [0.2, 0.25) is 10.0 Å². The van der Waals surface area contributed by atoms with Crippen LogP contribution in [0, 0.1) is 20.8 Å². The summed E-state index contributed by atoms with van der Waals surface area (Å²) in [5.74, 6) is 0.564. The van der Waals surface area contributed by atoms with Crippen LogP contribution in [0.5, 0.6) is 5.75 Å². The standard InChI is InChI=1S/C28H40ClN3O4S/c1-19-14-22(26(29)18-27(19)32-12-8-23(9-13-32)30(4)5)17-24(33)10-11-31(6)37(34,35)28-20(2)15-25(36-7)16-21(28)3/h14-16,18,23H,8-13,17H2,1-7H3. The normalized spacial score (nSPS) is 15.0. The molecule has 9 heteroatoms. The van der Waals surface area contributed by atoms with E-state index in [0.717, 1.165) is 42.7 Å². The summed E-state index contributed by atoms with van der Waals surface area (Å²) in [6, 6.07) is 7.98. The van der Waals surface area contributed by atoms with Crippen molar-refractivity contribution in [2.24, 2.45) is 0 Å². The largest absolute Gasteiger partial charge is 0.497 e. The fourth-order valence-corrected chi connectivity index (χ4v) is 6.92. The molecule has 1 heterocycles. The molecule has 0 aliphatic carbocycles. The molecule has 1 aliphatic rings. The van der Waals surface area contributed by atoms with Crippen molar-refractivity contribution in [2.75, 3.05) is 52.8 Å². The molecule has 0 unspecified atom stereocenters. The predicted molar refractivity (Wildman–Crippen MR) is 151 cm³/mol. The molecule has 2 aromatic carbocycles. The molecule has 0 aromatic heterocycles. The van der Waals surface area contributed by atoms with E-state index in [0.29, 0.717) is 27.9 Å². The van der Waals surface area contributed by atoms with Gasteiger partial charge >= 0.3 is 0 Å². The van der Waals surface area contributed by atoms with Gasteiger partial charge in [-0.05, 0) is 88.2 Å². The van der Waals surface area contributed by atoms with Crippen LogP contribution >= 0.6 is 11.6 Å². The lowest BCUT2D eigenvalue weighted by Gasteiger charge is -2.37. The fraction of sp³-hybridized carbons (Fsp3) is 0.536. The van der Waals surface area contributed by atoms with Crippen LogP contribution < -0.4 is 9.64 Å². The van der Waals surface area contributed by atoms with Gasteiger partial charge in [-0.15, -0.1) is 0 Å². The van der Waals surface area contributed by atoms with Crippen LogP contribution in [-0.4, -0.2) is 77.3 Å². The van der Waals surface area contributed by atoms with Gasteiger partial charge in [0.15, 0.2) is 0 Å². The third-order valence-electron chi connectivity index (χ3n) is 7.33. The molecule has 1 saturated heterocycles.